The zero-order valence-electron chi connectivity index (χ0n) is 14.5. The second kappa shape index (κ2) is 8.91. The third-order valence-electron chi connectivity index (χ3n) is 3.96. The fourth-order valence-corrected chi connectivity index (χ4v) is 2.45. The lowest BCUT2D eigenvalue weighted by atomic mass is 10.1. The Labute approximate surface area is 143 Å². The van der Waals surface area contributed by atoms with Crippen LogP contribution < -0.4 is 15.4 Å². The van der Waals surface area contributed by atoms with Crippen LogP contribution in [0.1, 0.15) is 37.4 Å². The molecule has 0 aliphatic carbocycles. The van der Waals surface area contributed by atoms with Crippen molar-refractivity contribution in [3.63, 3.8) is 0 Å². The summed E-state index contributed by atoms with van der Waals surface area (Å²) in [4.78, 5) is 16.1. The van der Waals surface area contributed by atoms with Crippen molar-refractivity contribution in [3.8, 4) is 5.75 Å². The van der Waals surface area contributed by atoms with E-state index < -0.39 is 0 Å². The van der Waals surface area contributed by atoms with Crippen LogP contribution in [0.15, 0.2) is 48.8 Å². The van der Waals surface area contributed by atoms with Gasteiger partial charge in [-0.1, -0.05) is 12.1 Å². The van der Waals surface area contributed by atoms with Crippen LogP contribution in [-0.2, 0) is 6.42 Å². The molecule has 1 heterocycles. The molecule has 128 valence electrons. The Kier molecular flexibility index (Phi) is 6.61. The van der Waals surface area contributed by atoms with Crippen LogP contribution in [0.2, 0.25) is 0 Å². The Morgan fingerprint density at radius 3 is 2.38 bits per heavy atom. The molecule has 0 aliphatic rings. The molecule has 0 saturated carbocycles. The van der Waals surface area contributed by atoms with Gasteiger partial charge in [0.2, 0.25) is 0 Å². The van der Waals surface area contributed by atoms with Crippen LogP contribution >= 0.6 is 0 Å². The molecule has 0 bridgehead atoms. The van der Waals surface area contributed by atoms with Gasteiger partial charge in [-0.2, -0.15) is 0 Å². The number of rotatable bonds is 7. The predicted octanol–water partition coefficient (Wildman–Crippen LogP) is 3.47. The number of carbonyl (C=O) groups excluding carboxylic acids is 1. The molecule has 0 fully saturated rings. The number of nitrogens with one attached hydrogen (secondary N) is 2. The standard InChI is InChI=1S/C19H25N3O2/c1-14(4-5-16-6-8-18(24-3)9-7-16)21-19(23)22-15(2)17-10-12-20-13-11-17/h6-15H,4-5H2,1-3H3,(H2,21,22,23)/t14-,15+/m0/s1. The maximum absolute atomic E-state index is 12.1. The third-order valence-corrected chi connectivity index (χ3v) is 3.96. The van der Waals surface area contributed by atoms with Gasteiger partial charge in [0.1, 0.15) is 5.75 Å². The molecular formula is C19H25N3O2. The normalized spacial score (nSPS) is 13.0. The minimum absolute atomic E-state index is 0.0539. The van der Waals surface area contributed by atoms with Crippen LogP contribution in [0.4, 0.5) is 4.79 Å². The molecule has 0 unspecified atom stereocenters. The van der Waals surface area contributed by atoms with E-state index in [1.54, 1.807) is 19.5 Å². The first-order valence-corrected chi connectivity index (χ1v) is 8.18. The van der Waals surface area contributed by atoms with Crippen LogP contribution in [-0.4, -0.2) is 24.2 Å². The van der Waals surface area contributed by atoms with E-state index in [-0.39, 0.29) is 18.1 Å². The first-order valence-electron chi connectivity index (χ1n) is 8.18. The minimum atomic E-state index is -0.151. The summed E-state index contributed by atoms with van der Waals surface area (Å²) in [6.07, 6.45) is 5.24. The molecule has 0 spiro atoms. The molecule has 0 aliphatic heterocycles. The monoisotopic (exact) mass is 327 g/mol. The quantitative estimate of drug-likeness (QED) is 0.818. The number of carbonyl (C=O) groups is 1. The van der Waals surface area contributed by atoms with E-state index >= 15 is 0 Å². The van der Waals surface area contributed by atoms with Crippen molar-refractivity contribution in [2.45, 2.75) is 38.8 Å². The van der Waals surface area contributed by atoms with Gasteiger partial charge in [-0.15, -0.1) is 0 Å². The van der Waals surface area contributed by atoms with Crippen LogP contribution in [0.3, 0.4) is 0 Å². The number of hydrogen-bond acceptors (Lipinski definition) is 3. The first kappa shape index (κ1) is 17.8. The molecule has 2 aromatic rings. The fourth-order valence-electron chi connectivity index (χ4n) is 2.45. The number of ether oxygens (including phenoxy) is 1. The lowest BCUT2D eigenvalue weighted by Gasteiger charge is -2.18. The highest BCUT2D eigenvalue weighted by Gasteiger charge is 2.11. The second-order valence-corrected chi connectivity index (χ2v) is 5.91. The van der Waals surface area contributed by atoms with Crippen molar-refractivity contribution in [3.05, 3.63) is 59.9 Å². The Hall–Kier alpha value is -2.56. The molecule has 0 radical (unpaired) electrons. The largest absolute Gasteiger partial charge is 0.497 e. The smallest absolute Gasteiger partial charge is 0.315 e. The SMILES string of the molecule is COc1ccc(CC[C@H](C)NC(=O)N[C@H](C)c2ccncc2)cc1. The Morgan fingerprint density at radius 2 is 1.75 bits per heavy atom. The average molecular weight is 327 g/mol. The topological polar surface area (TPSA) is 63.2 Å². The van der Waals surface area contributed by atoms with Crippen LogP contribution in [0, 0.1) is 0 Å². The number of methoxy groups -OCH3 is 1. The van der Waals surface area contributed by atoms with E-state index in [1.807, 2.05) is 38.1 Å². The molecule has 1 aromatic carbocycles. The van der Waals surface area contributed by atoms with Crippen LogP contribution in [0.5, 0.6) is 5.75 Å². The summed E-state index contributed by atoms with van der Waals surface area (Å²) < 4.78 is 5.15. The van der Waals surface area contributed by atoms with Gasteiger partial charge in [-0.3, -0.25) is 4.98 Å². The van der Waals surface area contributed by atoms with Gasteiger partial charge in [-0.25, -0.2) is 4.79 Å². The molecule has 2 rings (SSSR count). The molecule has 0 saturated heterocycles. The Balaban J connectivity index is 1.74. The summed E-state index contributed by atoms with van der Waals surface area (Å²) in [5, 5.41) is 5.93. The van der Waals surface area contributed by atoms with Gasteiger partial charge in [0.15, 0.2) is 0 Å². The van der Waals surface area contributed by atoms with E-state index in [4.69, 9.17) is 4.74 Å². The number of amides is 2. The minimum Gasteiger partial charge on any atom is -0.497 e. The highest BCUT2D eigenvalue weighted by Crippen LogP contribution is 2.13. The number of hydrogen-bond donors (Lipinski definition) is 2. The van der Waals surface area contributed by atoms with Crippen molar-refractivity contribution in [1.82, 2.24) is 15.6 Å². The van der Waals surface area contributed by atoms with E-state index in [0.717, 1.165) is 24.2 Å². The summed E-state index contributed by atoms with van der Waals surface area (Å²) in [5.41, 5.74) is 2.26. The highest BCUT2D eigenvalue weighted by molar-refractivity contribution is 5.74. The second-order valence-electron chi connectivity index (χ2n) is 5.91. The van der Waals surface area contributed by atoms with E-state index in [1.165, 1.54) is 5.56 Å². The molecule has 2 N–H and O–H groups in total. The van der Waals surface area contributed by atoms with Gasteiger partial charge in [-0.05, 0) is 62.1 Å². The summed E-state index contributed by atoms with van der Waals surface area (Å²) >= 11 is 0. The maximum atomic E-state index is 12.1. The van der Waals surface area contributed by atoms with Crippen molar-refractivity contribution in [1.29, 1.82) is 0 Å². The van der Waals surface area contributed by atoms with Gasteiger partial charge in [0.05, 0.1) is 13.2 Å². The summed E-state index contributed by atoms with van der Waals surface area (Å²) in [6, 6.07) is 11.7. The number of urea groups is 1. The van der Waals surface area contributed by atoms with Crippen molar-refractivity contribution in [2.75, 3.05) is 7.11 Å². The fraction of sp³-hybridized carbons (Fsp3) is 0.368. The lowest BCUT2D eigenvalue weighted by molar-refractivity contribution is 0.234. The summed E-state index contributed by atoms with van der Waals surface area (Å²) in [6.45, 7) is 3.97. The van der Waals surface area contributed by atoms with Crippen molar-refractivity contribution in [2.24, 2.45) is 0 Å². The molecule has 5 heteroatoms. The maximum Gasteiger partial charge on any atom is 0.315 e. The number of nitrogens with zero attached hydrogens (tertiary/aromatic N) is 1. The van der Waals surface area contributed by atoms with E-state index in [0.29, 0.717) is 0 Å². The summed E-state index contributed by atoms with van der Waals surface area (Å²) in [5.74, 6) is 0.856. The summed E-state index contributed by atoms with van der Waals surface area (Å²) in [7, 11) is 1.66. The third kappa shape index (κ3) is 5.57. The highest BCUT2D eigenvalue weighted by atomic mass is 16.5. The number of aryl methyl sites for hydroxylation is 1. The van der Waals surface area contributed by atoms with Crippen molar-refractivity contribution < 1.29 is 9.53 Å². The Bertz CT molecular complexity index is 629. The van der Waals surface area contributed by atoms with E-state index in [9.17, 15) is 4.79 Å². The van der Waals surface area contributed by atoms with Gasteiger partial charge in [0, 0.05) is 18.4 Å². The zero-order chi connectivity index (χ0) is 17.4. The molecular weight excluding hydrogens is 302 g/mol. The van der Waals surface area contributed by atoms with Gasteiger partial charge in [0.25, 0.3) is 0 Å². The zero-order valence-corrected chi connectivity index (χ0v) is 14.5. The number of pyridine rings is 1. The van der Waals surface area contributed by atoms with Gasteiger partial charge < -0.3 is 15.4 Å². The van der Waals surface area contributed by atoms with E-state index in [2.05, 4.69) is 27.8 Å². The van der Waals surface area contributed by atoms with Gasteiger partial charge >= 0.3 is 6.03 Å². The lowest BCUT2D eigenvalue weighted by Crippen LogP contribution is -2.41. The van der Waals surface area contributed by atoms with Crippen LogP contribution in [0.25, 0.3) is 0 Å². The molecule has 5 nitrogen and oxygen atoms in total. The number of benzene rings is 1. The molecule has 1 aromatic heterocycles. The Morgan fingerprint density at radius 1 is 1.08 bits per heavy atom. The average Bonchev–Trinajstić information content (AvgIpc) is 2.61. The first-order chi connectivity index (χ1) is 11.6. The number of aromatic nitrogens is 1. The predicted molar refractivity (Wildman–Crippen MR) is 95.1 cm³/mol. The van der Waals surface area contributed by atoms with Crippen molar-refractivity contribution >= 4 is 6.03 Å². The molecule has 2 amide bonds. The molecule has 24 heavy (non-hydrogen) atoms. The molecule has 2 atom stereocenters.